The Bertz CT molecular complexity index is 504. The summed E-state index contributed by atoms with van der Waals surface area (Å²) in [7, 11) is 0. The second-order valence-corrected chi connectivity index (χ2v) is 7.83. The maximum Gasteiger partial charge on any atom is 0.355 e. The van der Waals surface area contributed by atoms with Crippen LogP contribution in [0.3, 0.4) is 0 Å². The normalized spacial score (nSPS) is 26.0. The standard InChI is InChI=1S/C11H11Cl3N2O3S/c1-2-5-3-20-9-6(15)8(17)16(9)7(5)10(18)19-4-11(12,13)14/h2,6,9H,1,3-4,15H2/t6?,9-/m1/s1. The van der Waals surface area contributed by atoms with Crippen molar-refractivity contribution >= 4 is 58.4 Å². The molecule has 20 heavy (non-hydrogen) atoms. The van der Waals surface area contributed by atoms with Crippen molar-refractivity contribution < 1.29 is 14.3 Å². The Labute approximate surface area is 135 Å². The number of β-lactam (4-membered cyclic amide) rings is 1. The lowest BCUT2D eigenvalue weighted by atomic mass is 10.0. The molecular weight excluding hydrogens is 347 g/mol. The molecule has 2 N–H and O–H groups in total. The Hall–Kier alpha value is -0.400. The van der Waals surface area contributed by atoms with E-state index in [9.17, 15) is 9.59 Å². The van der Waals surface area contributed by atoms with Crippen molar-refractivity contribution in [3.8, 4) is 0 Å². The third kappa shape index (κ3) is 2.94. The number of thioether (sulfide) groups is 1. The number of amides is 1. The zero-order chi connectivity index (χ0) is 15.1. The van der Waals surface area contributed by atoms with E-state index in [2.05, 4.69) is 6.58 Å². The lowest BCUT2D eigenvalue weighted by Gasteiger charge is -2.48. The number of fused-ring (bicyclic) bond motifs is 1. The van der Waals surface area contributed by atoms with Crippen molar-refractivity contribution in [2.75, 3.05) is 12.4 Å². The van der Waals surface area contributed by atoms with Crippen LogP contribution in [0.1, 0.15) is 0 Å². The second-order valence-electron chi connectivity index (χ2n) is 4.20. The molecule has 0 aromatic heterocycles. The predicted molar refractivity (Wildman–Crippen MR) is 79.5 cm³/mol. The summed E-state index contributed by atoms with van der Waals surface area (Å²) < 4.78 is 3.22. The van der Waals surface area contributed by atoms with Crippen molar-refractivity contribution in [2.24, 2.45) is 5.73 Å². The Morgan fingerprint density at radius 2 is 2.25 bits per heavy atom. The SMILES string of the molecule is C=CC1=C(C(=O)OCC(Cl)(Cl)Cl)N2C(=O)C(N)[C@H]2SC1. The molecule has 0 spiro atoms. The van der Waals surface area contributed by atoms with Crippen LogP contribution in [0.25, 0.3) is 0 Å². The van der Waals surface area contributed by atoms with Crippen LogP contribution in [0.2, 0.25) is 0 Å². The van der Waals surface area contributed by atoms with Gasteiger partial charge in [0.15, 0.2) is 0 Å². The fraction of sp³-hybridized carbons (Fsp3) is 0.455. The fourth-order valence-corrected chi connectivity index (χ4v) is 3.35. The van der Waals surface area contributed by atoms with Gasteiger partial charge >= 0.3 is 5.97 Å². The van der Waals surface area contributed by atoms with Gasteiger partial charge in [0.25, 0.3) is 0 Å². The van der Waals surface area contributed by atoms with Gasteiger partial charge in [-0.05, 0) is 5.57 Å². The molecule has 0 radical (unpaired) electrons. The van der Waals surface area contributed by atoms with E-state index in [1.54, 1.807) is 0 Å². The van der Waals surface area contributed by atoms with Crippen LogP contribution in [0, 0.1) is 0 Å². The monoisotopic (exact) mass is 356 g/mol. The van der Waals surface area contributed by atoms with E-state index in [1.165, 1.54) is 22.7 Å². The molecule has 110 valence electrons. The average molecular weight is 358 g/mol. The minimum atomic E-state index is -1.71. The molecule has 2 aliphatic rings. The quantitative estimate of drug-likeness (QED) is 0.472. The number of nitrogens with two attached hydrogens (primary N) is 1. The molecule has 2 heterocycles. The van der Waals surface area contributed by atoms with Crippen molar-refractivity contribution in [1.29, 1.82) is 0 Å². The molecule has 0 saturated carbocycles. The first kappa shape index (κ1) is 16.0. The van der Waals surface area contributed by atoms with E-state index < -0.39 is 22.4 Å². The van der Waals surface area contributed by atoms with Gasteiger partial charge in [-0.25, -0.2) is 4.79 Å². The van der Waals surface area contributed by atoms with E-state index in [0.717, 1.165) is 0 Å². The van der Waals surface area contributed by atoms with Gasteiger partial charge in [-0.15, -0.1) is 11.8 Å². The van der Waals surface area contributed by atoms with E-state index in [4.69, 9.17) is 45.3 Å². The summed E-state index contributed by atoms with van der Waals surface area (Å²) in [6, 6.07) is -0.609. The van der Waals surface area contributed by atoms with Crippen LogP contribution in [0.5, 0.6) is 0 Å². The van der Waals surface area contributed by atoms with Crippen LogP contribution in [0.4, 0.5) is 0 Å². The molecule has 2 atom stereocenters. The topological polar surface area (TPSA) is 72.6 Å². The molecular formula is C11H11Cl3N2O3S. The van der Waals surface area contributed by atoms with Gasteiger partial charge in [0.05, 0.1) is 0 Å². The van der Waals surface area contributed by atoms with Crippen molar-refractivity contribution in [2.45, 2.75) is 15.2 Å². The lowest BCUT2D eigenvalue weighted by Crippen LogP contribution is -2.68. The molecule has 5 nitrogen and oxygen atoms in total. The summed E-state index contributed by atoms with van der Waals surface area (Å²) in [5, 5.41) is -0.262. The van der Waals surface area contributed by atoms with E-state index in [0.29, 0.717) is 11.3 Å². The smallest absolute Gasteiger partial charge is 0.355 e. The van der Waals surface area contributed by atoms with E-state index in [1.807, 2.05) is 0 Å². The minimum Gasteiger partial charge on any atom is -0.456 e. The third-order valence-corrected chi connectivity index (χ3v) is 4.50. The molecule has 0 aliphatic carbocycles. The summed E-state index contributed by atoms with van der Waals surface area (Å²) in [5.41, 5.74) is 6.42. The van der Waals surface area contributed by atoms with Gasteiger partial charge in [0, 0.05) is 5.75 Å². The number of allylic oxidation sites excluding steroid dienone is 1. The number of alkyl halides is 3. The summed E-state index contributed by atoms with van der Waals surface area (Å²) in [4.78, 5) is 25.2. The number of nitrogens with zero attached hydrogens (tertiary/aromatic N) is 1. The molecule has 2 aliphatic heterocycles. The number of hydrogen-bond donors (Lipinski definition) is 1. The number of esters is 1. The van der Waals surface area contributed by atoms with Gasteiger partial charge in [-0.3, -0.25) is 9.69 Å². The second kappa shape index (κ2) is 5.77. The number of halogens is 3. The van der Waals surface area contributed by atoms with Crippen molar-refractivity contribution in [1.82, 2.24) is 4.90 Å². The fourth-order valence-electron chi connectivity index (χ4n) is 1.90. The molecule has 0 bridgehead atoms. The number of carbonyl (C=O) groups excluding carboxylic acids is 2. The Morgan fingerprint density at radius 3 is 2.80 bits per heavy atom. The maximum absolute atomic E-state index is 12.1. The Balaban J connectivity index is 2.21. The van der Waals surface area contributed by atoms with E-state index in [-0.39, 0.29) is 17.0 Å². The van der Waals surface area contributed by atoms with Gasteiger partial charge in [0.1, 0.15) is 23.7 Å². The number of rotatable bonds is 3. The summed E-state index contributed by atoms with van der Waals surface area (Å²) >= 11 is 18.1. The zero-order valence-electron chi connectivity index (χ0n) is 10.1. The molecule has 1 saturated heterocycles. The molecule has 2 rings (SSSR count). The Kier molecular flexibility index (Phi) is 4.61. The van der Waals surface area contributed by atoms with Crippen LogP contribution in [-0.2, 0) is 14.3 Å². The highest BCUT2D eigenvalue weighted by Crippen LogP contribution is 2.40. The van der Waals surface area contributed by atoms with Gasteiger partial charge in [0.2, 0.25) is 9.70 Å². The largest absolute Gasteiger partial charge is 0.456 e. The van der Waals surface area contributed by atoms with Gasteiger partial charge in [-0.2, -0.15) is 0 Å². The number of hydrogen-bond acceptors (Lipinski definition) is 5. The zero-order valence-corrected chi connectivity index (χ0v) is 13.2. The van der Waals surface area contributed by atoms with Crippen molar-refractivity contribution in [3.05, 3.63) is 23.9 Å². The molecule has 1 fully saturated rings. The van der Waals surface area contributed by atoms with Gasteiger partial charge < -0.3 is 10.5 Å². The number of ether oxygens (including phenoxy) is 1. The first-order valence-corrected chi connectivity index (χ1v) is 7.74. The first-order valence-electron chi connectivity index (χ1n) is 5.56. The summed E-state index contributed by atoms with van der Waals surface area (Å²) in [5.74, 6) is -0.539. The van der Waals surface area contributed by atoms with Crippen LogP contribution in [0.15, 0.2) is 23.9 Å². The van der Waals surface area contributed by atoms with Gasteiger partial charge in [-0.1, -0.05) is 47.5 Å². The summed E-state index contributed by atoms with van der Waals surface area (Å²) in [6.07, 6.45) is 1.51. The molecule has 0 aromatic rings. The van der Waals surface area contributed by atoms with Crippen LogP contribution < -0.4 is 5.73 Å². The van der Waals surface area contributed by atoms with Crippen LogP contribution >= 0.6 is 46.6 Å². The maximum atomic E-state index is 12.1. The number of carbonyl (C=O) groups is 2. The first-order chi connectivity index (χ1) is 9.26. The average Bonchev–Trinajstić information content (AvgIpc) is 2.41. The molecule has 9 heteroatoms. The van der Waals surface area contributed by atoms with E-state index >= 15 is 0 Å². The predicted octanol–water partition coefficient (Wildman–Crippen LogP) is 1.58. The Morgan fingerprint density at radius 1 is 1.60 bits per heavy atom. The van der Waals surface area contributed by atoms with Crippen molar-refractivity contribution in [3.63, 3.8) is 0 Å². The third-order valence-electron chi connectivity index (χ3n) is 2.85. The highest BCUT2D eigenvalue weighted by Gasteiger charge is 2.51. The highest BCUT2D eigenvalue weighted by molar-refractivity contribution is 8.00. The molecule has 0 aromatic carbocycles. The summed E-state index contributed by atoms with van der Waals surface area (Å²) in [6.45, 7) is 3.22. The molecule has 1 amide bonds. The molecule has 1 unspecified atom stereocenters. The van der Waals surface area contributed by atoms with Crippen LogP contribution in [-0.4, -0.2) is 44.3 Å². The highest BCUT2D eigenvalue weighted by atomic mass is 35.6. The lowest BCUT2D eigenvalue weighted by molar-refractivity contribution is -0.150. The minimum absolute atomic E-state index is 0.129.